The molecule has 6 nitrogen and oxygen atoms in total. The molecule has 0 N–H and O–H groups in total. The molecule has 0 saturated carbocycles. The first kappa shape index (κ1) is 18.2. The maximum absolute atomic E-state index is 12.8. The molecule has 0 aliphatic carbocycles. The van der Waals surface area contributed by atoms with E-state index in [9.17, 15) is 4.79 Å². The molecule has 1 amide bonds. The van der Waals surface area contributed by atoms with Gasteiger partial charge in [-0.3, -0.25) is 14.8 Å². The number of amides is 1. The number of rotatable bonds is 4. The van der Waals surface area contributed by atoms with Crippen LogP contribution < -0.4 is 0 Å². The molecular formula is C22H23N5O. The van der Waals surface area contributed by atoms with Gasteiger partial charge in [0.2, 0.25) is 5.91 Å². The fraction of sp³-hybridized carbons (Fsp3) is 0.318. The normalized spacial score (nSPS) is 16.8. The predicted octanol–water partition coefficient (Wildman–Crippen LogP) is 3.19. The van der Waals surface area contributed by atoms with E-state index in [1.807, 2.05) is 48.4 Å². The lowest BCUT2D eigenvalue weighted by molar-refractivity contribution is -0.131. The summed E-state index contributed by atoms with van der Waals surface area (Å²) >= 11 is 0. The van der Waals surface area contributed by atoms with E-state index < -0.39 is 0 Å². The van der Waals surface area contributed by atoms with E-state index in [0.717, 1.165) is 47.7 Å². The number of nitrogens with zero attached hydrogens (tertiary/aromatic N) is 5. The number of aromatic nitrogens is 4. The smallest absolute Gasteiger partial charge is 0.228 e. The Morgan fingerprint density at radius 3 is 2.79 bits per heavy atom. The number of piperidine rings is 1. The van der Waals surface area contributed by atoms with E-state index in [1.54, 1.807) is 18.6 Å². The molecule has 4 heterocycles. The first-order chi connectivity index (χ1) is 13.7. The van der Waals surface area contributed by atoms with Gasteiger partial charge in [-0.05, 0) is 49.6 Å². The van der Waals surface area contributed by atoms with Crippen molar-refractivity contribution in [2.75, 3.05) is 13.1 Å². The van der Waals surface area contributed by atoms with Crippen LogP contribution in [0.1, 0.15) is 36.0 Å². The van der Waals surface area contributed by atoms with Gasteiger partial charge in [-0.2, -0.15) is 0 Å². The monoisotopic (exact) mass is 373 g/mol. The highest BCUT2D eigenvalue weighted by molar-refractivity contribution is 5.78. The fourth-order valence-corrected chi connectivity index (χ4v) is 3.75. The van der Waals surface area contributed by atoms with E-state index in [-0.39, 0.29) is 11.8 Å². The molecule has 1 saturated heterocycles. The van der Waals surface area contributed by atoms with Gasteiger partial charge >= 0.3 is 0 Å². The third kappa shape index (κ3) is 4.06. The molecular weight excluding hydrogens is 350 g/mol. The SMILES string of the molecule is Cc1ncc(-c2ccncc2)c([C@H]2CCCN(C(=O)Cc3ccccn3)C2)n1. The molecule has 1 aliphatic heterocycles. The highest BCUT2D eigenvalue weighted by Crippen LogP contribution is 2.33. The zero-order chi connectivity index (χ0) is 19.3. The largest absolute Gasteiger partial charge is 0.342 e. The van der Waals surface area contributed by atoms with Crippen LogP contribution in [0.25, 0.3) is 11.1 Å². The Hall–Kier alpha value is -3.15. The Morgan fingerprint density at radius 1 is 1.14 bits per heavy atom. The molecule has 1 fully saturated rings. The van der Waals surface area contributed by atoms with Gasteiger partial charge < -0.3 is 4.90 Å². The summed E-state index contributed by atoms with van der Waals surface area (Å²) in [7, 11) is 0. The molecule has 142 valence electrons. The van der Waals surface area contributed by atoms with Crippen molar-refractivity contribution in [3.8, 4) is 11.1 Å². The summed E-state index contributed by atoms with van der Waals surface area (Å²) in [5.41, 5.74) is 3.91. The van der Waals surface area contributed by atoms with E-state index in [1.165, 1.54) is 0 Å². The van der Waals surface area contributed by atoms with E-state index >= 15 is 0 Å². The molecule has 3 aromatic rings. The second-order valence-corrected chi connectivity index (χ2v) is 7.13. The minimum absolute atomic E-state index is 0.125. The molecule has 0 radical (unpaired) electrons. The number of carbonyl (C=O) groups excluding carboxylic acids is 1. The minimum atomic E-state index is 0.125. The zero-order valence-electron chi connectivity index (χ0n) is 16.0. The standard InChI is InChI=1S/C22H23N5O/c1-16-25-14-20(17-7-10-23-11-8-17)22(26-16)18-5-4-12-27(15-18)21(28)13-19-6-2-3-9-24-19/h2-3,6-11,14,18H,4-5,12-13,15H2,1H3/t18-/m0/s1. The number of hydrogen-bond donors (Lipinski definition) is 0. The minimum Gasteiger partial charge on any atom is -0.342 e. The second-order valence-electron chi connectivity index (χ2n) is 7.13. The van der Waals surface area contributed by atoms with Crippen LogP contribution in [0.5, 0.6) is 0 Å². The Morgan fingerprint density at radius 2 is 2.00 bits per heavy atom. The van der Waals surface area contributed by atoms with Crippen molar-refractivity contribution in [2.24, 2.45) is 0 Å². The first-order valence-electron chi connectivity index (χ1n) is 9.62. The molecule has 3 aromatic heterocycles. The van der Waals surface area contributed by atoms with Gasteiger partial charge in [-0.15, -0.1) is 0 Å². The fourth-order valence-electron chi connectivity index (χ4n) is 3.75. The molecule has 0 unspecified atom stereocenters. The molecule has 0 aromatic carbocycles. The average Bonchev–Trinajstić information content (AvgIpc) is 2.75. The summed E-state index contributed by atoms with van der Waals surface area (Å²) in [6, 6.07) is 9.63. The van der Waals surface area contributed by atoms with Gasteiger partial charge in [0.15, 0.2) is 0 Å². The molecule has 1 aliphatic rings. The number of pyridine rings is 2. The Bertz CT molecular complexity index is 946. The second kappa shape index (κ2) is 8.25. The van der Waals surface area contributed by atoms with Crippen LogP contribution in [0.15, 0.2) is 55.1 Å². The van der Waals surface area contributed by atoms with Crippen LogP contribution in [-0.2, 0) is 11.2 Å². The topological polar surface area (TPSA) is 71.9 Å². The van der Waals surface area contributed by atoms with E-state index in [4.69, 9.17) is 4.98 Å². The highest BCUT2D eigenvalue weighted by atomic mass is 16.2. The lowest BCUT2D eigenvalue weighted by Gasteiger charge is -2.33. The summed E-state index contributed by atoms with van der Waals surface area (Å²) in [4.78, 5) is 32.3. The number of aryl methyl sites for hydroxylation is 1. The summed E-state index contributed by atoms with van der Waals surface area (Å²) < 4.78 is 0. The van der Waals surface area contributed by atoms with Crippen LogP contribution in [0, 0.1) is 6.92 Å². The summed E-state index contributed by atoms with van der Waals surface area (Å²) in [5, 5.41) is 0. The predicted molar refractivity (Wildman–Crippen MR) is 106 cm³/mol. The summed E-state index contributed by atoms with van der Waals surface area (Å²) in [5.74, 6) is 1.08. The molecule has 28 heavy (non-hydrogen) atoms. The van der Waals surface area contributed by atoms with Crippen molar-refractivity contribution >= 4 is 5.91 Å². The van der Waals surface area contributed by atoms with Gasteiger partial charge in [0.05, 0.1) is 12.1 Å². The number of likely N-dealkylation sites (tertiary alicyclic amines) is 1. The first-order valence-corrected chi connectivity index (χ1v) is 9.62. The summed E-state index contributed by atoms with van der Waals surface area (Å²) in [6.45, 7) is 3.38. The van der Waals surface area contributed by atoms with Gasteiger partial charge in [-0.1, -0.05) is 6.07 Å². The zero-order valence-corrected chi connectivity index (χ0v) is 16.0. The van der Waals surface area contributed by atoms with Crippen molar-refractivity contribution in [3.05, 3.63) is 72.3 Å². The van der Waals surface area contributed by atoms with Gasteiger partial charge in [0.25, 0.3) is 0 Å². The van der Waals surface area contributed by atoms with Crippen molar-refractivity contribution in [1.82, 2.24) is 24.8 Å². The average molecular weight is 373 g/mol. The van der Waals surface area contributed by atoms with Crippen molar-refractivity contribution < 1.29 is 4.79 Å². The molecule has 4 rings (SSSR count). The molecule has 0 bridgehead atoms. The highest BCUT2D eigenvalue weighted by Gasteiger charge is 2.28. The quantitative estimate of drug-likeness (QED) is 0.702. The van der Waals surface area contributed by atoms with Gasteiger partial charge in [0.1, 0.15) is 5.82 Å². The molecule has 6 heteroatoms. The molecule has 1 atom stereocenters. The maximum Gasteiger partial charge on any atom is 0.228 e. The van der Waals surface area contributed by atoms with Crippen LogP contribution in [-0.4, -0.2) is 43.8 Å². The van der Waals surface area contributed by atoms with Gasteiger partial charge in [0, 0.05) is 55.1 Å². The van der Waals surface area contributed by atoms with Crippen LogP contribution in [0.4, 0.5) is 0 Å². The van der Waals surface area contributed by atoms with Crippen LogP contribution >= 0.6 is 0 Å². The number of carbonyl (C=O) groups is 1. The third-order valence-electron chi connectivity index (χ3n) is 5.15. The van der Waals surface area contributed by atoms with Gasteiger partial charge in [-0.25, -0.2) is 9.97 Å². The lowest BCUT2D eigenvalue weighted by Crippen LogP contribution is -2.40. The van der Waals surface area contributed by atoms with Crippen LogP contribution in [0.3, 0.4) is 0 Å². The lowest BCUT2D eigenvalue weighted by atomic mass is 9.90. The van der Waals surface area contributed by atoms with E-state index in [0.29, 0.717) is 13.0 Å². The third-order valence-corrected chi connectivity index (χ3v) is 5.15. The van der Waals surface area contributed by atoms with Crippen molar-refractivity contribution in [2.45, 2.75) is 32.1 Å². The number of hydrogen-bond acceptors (Lipinski definition) is 5. The van der Waals surface area contributed by atoms with E-state index in [2.05, 4.69) is 15.0 Å². The summed E-state index contributed by atoms with van der Waals surface area (Å²) in [6.07, 6.45) is 9.51. The Balaban J connectivity index is 1.56. The van der Waals surface area contributed by atoms with Crippen LogP contribution in [0.2, 0.25) is 0 Å². The molecule has 0 spiro atoms. The maximum atomic E-state index is 12.8. The van der Waals surface area contributed by atoms with Crippen molar-refractivity contribution in [1.29, 1.82) is 0 Å². The Labute approximate surface area is 164 Å². The van der Waals surface area contributed by atoms with Crippen molar-refractivity contribution in [3.63, 3.8) is 0 Å². The Kier molecular flexibility index (Phi) is 5.37.